The maximum atomic E-state index is 10.1. The molecule has 2 bridgehead atoms. The fourth-order valence-electron chi connectivity index (χ4n) is 2.39. The van der Waals surface area contributed by atoms with E-state index in [1.165, 1.54) is 0 Å². The summed E-state index contributed by atoms with van der Waals surface area (Å²) in [6, 6.07) is 0. The Hall–Kier alpha value is -2.06. The van der Waals surface area contributed by atoms with E-state index in [1.807, 2.05) is 6.92 Å². The number of anilines is 3. The van der Waals surface area contributed by atoms with Crippen LogP contribution in [0.2, 0.25) is 5.02 Å². The summed E-state index contributed by atoms with van der Waals surface area (Å²) in [6.07, 6.45) is 2.32. The van der Waals surface area contributed by atoms with Crippen molar-refractivity contribution in [3.05, 3.63) is 16.9 Å². The van der Waals surface area contributed by atoms with Gasteiger partial charge in [0.2, 0.25) is 5.95 Å². The van der Waals surface area contributed by atoms with Crippen LogP contribution in [0.15, 0.2) is 6.20 Å². The highest BCUT2D eigenvalue weighted by atomic mass is 35.5. The standard InChI is InChI=1S/C15H21ClN6O2/c1-9-11-13(21-22(9)8-15(2,3)23)24-6-4-5-17-12-10(16)7-18-14(19-11)20-12/h7,23H,4-6,8H2,1-3H3,(H2,17,18,19,20). The molecule has 3 N–H and O–H groups in total. The van der Waals surface area contributed by atoms with E-state index in [0.717, 1.165) is 12.1 Å². The minimum atomic E-state index is -0.884. The second-order valence-corrected chi connectivity index (χ2v) is 6.79. The highest BCUT2D eigenvalue weighted by Gasteiger charge is 2.22. The number of aromatic nitrogens is 4. The number of nitrogens with zero attached hydrogens (tertiary/aromatic N) is 4. The van der Waals surface area contributed by atoms with E-state index >= 15 is 0 Å². The first kappa shape index (κ1) is 16.8. The highest BCUT2D eigenvalue weighted by molar-refractivity contribution is 6.32. The largest absolute Gasteiger partial charge is 0.475 e. The van der Waals surface area contributed by atoms with Gasteiger partial charge in [-0.25, -0.2) is 4.98 Å². The van der Waals surface area contributed by atoms with Crippen molar-refractivity contribution in [2.45, 2.75) is 39.3 Å². The van der Waals surface area contributed by atoms with Gasteiger partial charge in [-0.05, 0) is 27.2 Å². The Morgan fingerprint density at radius 1 is 1.46 bits per heavy atom. The Bertz CT molecular complexity index is 740. The molecule has 0 fully saturated rings. The molecule has 2 aromatic rings. The molecule has 0 unspecified atom stereocenters. The van der Waals surface area contributed by atoms with Crippen molar-refractivity contribution < 1.29 is 9.84 Å². The molecule has 9 heteroatoms. The molecule has 3 rings (SSSR count). The molecule has 0 spiro atoms. The molecule has 1 aliphatic heterocycles. The van der Waals surface area contributed by atoms with Crippen LogP contribution >= 0.6 is 11.6 Å². The van der Waals surface area contributed by atoms with Crippen molar-refractivity contribution in [3.8, 4) is 5.88 Å². The van der Waals surface area contributed by atoms with E-state index in [9.17, 15) is 5.11 Å². The fraction of sp³-hybridized carbons (Fsp3) is 0.533. The highest BCUT2D eigenvalue weighted by Crippen LogP contribution is 2.32. The summed E-state index contributed by atoms with van der Waals surface area (Å²) in [5.74, 6) is 1.46. The third-order valence-electron chi connectivity index (χ3n) is 3.54. The van der Waals surface area contributed by atoms with Gasteiger partial charge in [0.25, 0.3) is 5.88 Å². The Balaban J connectivity index is 2.00. The van der Waals surface area contributed by atoms with E-state index in [-0.39, 0.29) is 0 Å². The lowest BCUT2D eigenvalue weighted by molar-refractivity contribution is 0.0567. The average molecular weight is 353 g/mol. The Labute approximate surface area is 145 Å². The van der Waals surface area contributed by atoms with Crippen LogP contribution in [-0.4, -0.2) is 43.6 Å². The molecular formula is C15H21ClN6O2. The molecule has 0 aromatic carbocycles. The zero-order valence-electron chi connectivity index (χ0n) is 13.9. The summed E-state index contributed by atoms with van der Waals surface area (Å²) in [5.41, 5.74) is 0.638. The average Bonchev–Trinajstić information content (AvgIpc) is 2.75. The number of rotatable bonds is 2. The maximum Gasteiger partial charge on any atom is 0.257 e. The molecule has 0 amide bonds. The molecule has 0 radical (unpaired) electrons. The second kappa shape index (κ2) is 6.45. The number of aliphatic hydroxyl groups is 1. The third-order valence-corrected chi connectivity index (χ3v) is 3.82. The van der Waals surface area contributed by atoms with Crippen molar-refractivity contribution in [2.75, 3.05) is 23.8 Å². The lowest BCUT2D eigenvalue weighted by Crippen LogP contribution is -2.27. The second-order valence-electron chi connectivity index (χ2n) is 6.38. The zero-order valence-corrected chi connectivity index (χ0v) is 14.7. The molecule has 8 nitrogen and oxygen atoms in total. The number of ether oxygens (including phenoxy) is 1. The predicted molar refractivity (Wildman–Crippen MR) is 92.2 cm³/mol. The molecule has 0 saturated carbocycles. The predicted octanol–water partition coefficient (Wildman–Crippen LogP) is 2.34. The van der Waals surface area contributed by atoms with E-state index in [4.69, 9.17) is 16.3 Å². The van der Waals surface area contributed by atoms with Crippen molar-refractivity contribution in [1.29, 1.82) is 0 Å². The summed E-state index contributed by atoms with van der Waals surface area (Å²) >= 11 is 6.11. The maximum absolute atomic E-state index is 10.1. The first-order chi connectivity index (χ1) is 11.3. The smallest absolute Gasteiger partial charge is 0.257 e. The van der Waals surface area contributed by atoms with Gasteiger partial charge < -0.3 is 20.5 Å². The lowest BCUT2D eigenvalue weighted by atomic mass is 10.1. The van der Waals surface area contributed by atoms with Crippen molar-refractivity contribution in [1.82, 2.24) is 19.7 Å². The Kier molecular flexibility index (Phi) is 4.51. The van der Waals surface area contributed by atoms with Gasteiger partial charge in [-0.15, -0.1) is 5.10 Å². The molecular weight excluding hydrogens is 332 g/mol. The van der Waals surface area contributed by atoms with E-state index in [1.54, 1.807) is 24.7 Å². The lowest BCUT2D eigenvalue weighted by Gasteiger charge is -2.17. The molecule has 130 valence electrons. The topological polar surface area (TPSA) is 97.1 Å². The van der Waals surface area contributed by atoms with Crippen LogP contribution in [0.5, 0.6) is 5.88 Å². The van der Waals surface area contributed by atoms with Gasteiger partial charge in [-0.1, -0.05) is 11.6 Å². The first-order valence-electron chi connectivity index (χ1n) is 7.79. The van der Waals surface area contributed by atoms with E-state index in [0.29, 0.717) is 48.1 Å². The number of fused-ring (bicyclic) bond motifs is 3. The quantitative estimate of drug-likeness (QED) is 0.763. The van der Waals surface area contributed by atoms with E-state index < -0.39 is 5.60 Å². The van der Waals surface area contributed by atoms with Crippen LogP contribution in [0.25, 0.3) is 0 Å². The first-order valence-corrected chi connectivity index (χ1v) is 8.17. The van der Waals surface area contributed by atoms with Crippen molar-refractivity contribution >= 4 is 29.1 Å². The van der Waals surface area contributed by atoms with Gasteiger partial charge in [0, 0.05) is 6.54 Å². The minimum Gasteiger partial charge on any atom is -0.475 e. The van der Waals surface area contributed by atoms with Gasteiger partial charge in [0.1, 0.15) is 10.7 Å². The molecule has 24 heavy (non-hydrogen) atoms. The van der Waals surface area contributed by atoms with Crippen LogP contribution in [0.1, 0.15) is 26.0 Å². The number of hydrogen-bond acceptors (Lipinski definition) is 7. The molecule has 1 aliphatic rings. The Morgan fingerprint density at radius 2 is 2.25 bits per heavy atom. The molecule has 0 aliphatic carbocycles. The van der Waals surface area contributed by atoms with Crippen molar-refractivity contribution in [2.24, 2.45) is 0 Å². The summed E-state index contributed by atoms with van der Waals surface area (Å²) in [7, 11) is 0. The number of nitrogens with one attached hydrogen (secondary N) is 2. The van der Waals surface area contributed by atoms with E-state index in [2.05, 4.69) is 25.7 Å². The van der Waals surface area contributed by atoms with Gasteiger partial charge in [-0.2, -0.15) is 4.98 Å². The van der Waals surface area contributed by atoms with Crippen molar-refractivity contribution in [3.63, 3.8) is 0 Å². The molecule has 0 saturated heterocycles. The monoisotopic (exact) mass is 352 g/mol. The van der Waals surface area contributed by atoms with Gasteiger partial charge >= 0.3 is 0 Å². The summed E-state index contributed by atoms with van der Waals surface area (Å²) in [5, 5.41) is 21.3. The molecule has 3 heterocycles. The van der Waals surface area contributed by atoms with Gasteiger partial charge in [0.05, 0.1) is 30.6 Å². The number of halogens is 1. The SMILES string of the molecule is Cc1c2c(nn1CC(C)(C)O)OCCCNc1nc(ncc1Cl)N2. The number of hydrogen-bond donors (Lipinski definition) is 3. The third kappa shape index (κ3) is 3.70. The molecule has 0 atom stereocenters. The summed E-state index contributed by atoms with van der Waals surface area (Å²) in [6.45, 7) is 6.91. The zero-order chi connectivity index (χ0) is 17.3. The van der Waals surface area contributed by atoms with Crippen LogP contribution in [0.4, 0.5) is 17.5 Å². The van der Waals surface area contributed by atoms with Gasteiger partial charge in [-0.3, -0.25) is 4.68 Å². The normalized spacial score (nSPS) is 14.7. The fourth-order valence-corrected chi connectivity index (χ4v) is 2.55. The van der Waals surface area contributed by atoms with Crippen LogP contribution in [0, 0.1) is 6.92 Å². The van der Waals surface area contributed by atoms with Gasteiger partial charge in [0.15, 0.2) is 5.82 Å². The van der Waals surface area contributed by atoms with Crippen LogP contribution in [0.3, 0.4) is 0 Å². The Morgan fingerprint density at radius 3 is 3.00 bits per heavy atom. The summed E-state index contributed by atoms with van der Waals surface area (Å²) in [4.78, 5) is 8.59. The summed E-state index contributed by atoms with van der Waals surface area (Å²) < 4.78 is 7.52. The van der Waals surface area contributed by atoms with Crippen LogP contribution in [-0.2, 0) is 6.54 Å². The minimum absolute atomic E-state index is 0.352. The van der Waals surface area contributed by atoms with Crippen LogP contribution < -0.4 is 15.4 Å². The molecule has 2 aromatic heterocycles.